The molecule has 4 rings (SSSR count). The summed E-state index contributed by atoms with van der Waals surface area (Å²) >= 11 is 2.60. The van der Waals surface area contributed by atoms with E-state index in [1.54, 1.807) is 13.8 Å². The Hall–Kier alpha value is -3.11. The molecule has 0 aromatic carbocycles. The van der Waals surface area contributed by atoms with Crippen LogP contribution in [0.4, 0.5) is 9.80 Å². The van der Waals surface area contributed by atoms with Crippen LogP contribution in [0.1, 0.15) is 61.4 Å². The van der Waals surface area contributed by atoms with Crippen LogP contribution in [0.2, 0.25) is 0 Å². The van der Waals surface area contributed by atoms with E-state index in [4.69, 9.17) is 4.74 Å². The number of amides is 2. The normalized spacial score (nSPS) is 12.8. The molecule has 1 aliphatic rings. The zero-order chi connectivity index (χ0) is 23.5. The second-order valence-corrected chi connectivity index (χ2v) is 9.78. The first kappa shape index (κ1) is 23.1. The number of rotatable bonds is 7. The fourth-order valence-corrected chi connectivity index (χ4v) is 6.42. The number of carboxylic acids is 1. The number of aryl methyl sites for hydroxylation is 1. The number of thiophene rings is 2. The van der Waals surface area contributed by atoms with Gasteiger partial charge in [-0.25, -0.2) is 14.4 Å². The molecule has 33 heavy (non-hydrogen) atoms. The van der Waals surface area contributed by atoms with E-state index in [1.165, 1.54) is 22.7 Å². The van der Waals surface area contributed by atoms with Gasteiger partial charge in [0, 0.05) is 29.4 Å². The van der Waals surface area contributed by atoms with Gasteiger partial charge >= 0.3 is 18.0 Å². The molecule has 0 saturated heterocycles. The van der Waals surface area contributed by atoms with Gasteiger partial charge < -0.3 is 19.7 Å². The second kappa shape index (κ2) is 9.80. The molecule has 0 spiro atoms. The van der Waals surface area contributed by atoms with E-state index in [0.29, 0.717) is 16.1 Å². The summed E-state index contributed by atoms with van der Waals surface area (Å²) in [7, 11) is 0. The van der Waals surface area contributed by atoms with Crippen molar-refractivity contribution in [2.75, 3.05) is 11.9 Å². The van der Waals surface area contributed by atoms with Gasteiger partial charge in [-0.3, -0.25) is 5.32 Å². The Kier molecular flexibility index (Phi) is 6.85. The molecule has 2 amide bonds. The van der Waals surface area contributed by atoms with E-state index in [1.807, 2.05) is 29.1 Å². The monoisotopic (exact) mass is 487 g/mol. The van der Waals surface area contributed by atoms with Crippen LogP contribution < -0.4 is 10.6 Å². The van der Waals surface area contributed by atoms with Crippen molar-refractivity contribution >= 4 is 45.6 Å². The lowest BCUT2D eigenvalue weighted by molar-refractivity contribution is 0.0526. The molecule has 1 aliphatic carbocycles. The highest BCUT2D eigenvalue weighted by Gasteiger charge is 2.27. The Bertz CT molecular complexity index is 1190. The highest BCUT2D eigenvalue weighted by molar-refractivity contribution is 7.17. The van der Waals surface area contributed by atoms with Gasteiger partial charge in [-0.1, -0.05) is 0 Å². The number of esters is 1. The van der Waals surface area contributed by atoms with Crippen molar-refractivity contribution in [2.45, 2.75) is 46.1 Å². The summed E-state index contributed by atoms with van der Waals surface area (Å²) in [6, 6.07) is 3.25. The molecule has 3 heterocycles. The maximum Gasteiger partial charge on any atom is 0.346 e. The van der Waals surface area contributed by atoms with Crippen molar-refractivity contribution in [3.8, 4) is 5.00 Å². The fraction of sp³-hybridized carbons (Fsp3) is 0.348. The van der Waals surface area contributed by atoms with Gasteiger partial charge in [0.05, 0.1) is 12.2 Å². The minimum Gasteiger partial charge on any atom is -0.477 e. The zero-order valence-corrected chi connectivity index (χ0v) is 20.0. The number of hydrogen-bond donors (Lipinski definition) is 3. The lowest BCUT2D eigenvalue weighted by atomic mass is 9.95. The average Bonchev–Trinajstić information content (AvgIpc) is 3.49. The van der Waals surface area contributed by atoms with Crippen LogP contribution in [0.3, 0.4) is 0 Å². The van der Waals surface area contributed by atoms with Crippen LogP contribution >= 0.6 is 22.7 Å². The Balaban J connectivity index is 1.55. The summed E-state index contributed by atoms with van der Waals surface area (Å²) in [5.74, 6) is -1.41. The van der Waals surface area contributed by atoms with Crippen molar-refractivity contribution < 1.29 is 24.2 Å². The molecule has 0 radical (unpaired) electrons. The Morgan fingerprint density at radius 3 is 2.58 bits per heavy atom. The SMILES string of the molecule is CCOC(=O)c1c(NC(=O)NCc2c(-n3cccc3)sc(C(=O)O)c2C)sc2c1CCCC2. The predicted molar refractivity (Wildman–Crippen MR) is 128 cm³/mol. The van der Waals surface area contributed by atoms with Gasteiger partial charge in [0.25, 0.3) is 0 Å². The highest BCUT2D eigenvalue weighted by atomic mass is 32.1. The maximum absolute atomic E-state index is 12.8. The molecule has 0 fully saturated rings. The fourth-order valence-electron chi connectivity index (χ4n) is 4.01. The van der Waals surface area contributed by atoms with Gasteiger partial charge in [-0.05, 0) is 62.8 Å². The number of carbonyl (C=O) groups is 3. The van der Waals surface area contributed by atoms with Crippen LogP contribution in [0.15, 0.2) is 24.5 Å². The summed E-state index contributed by atoms with van der Waals surface area (Å²) in [6.45, 7) is 3.91. The summed E-state index contributed by atoms with van der Waals surface area (Å²) in [4.78, 5) is 38.4. The largest absolute Gasteiger partial charge is 0.477 e. The summed E-state index contributed by atoms with van der Waals surface area (Å²) in [5, 5.41) is 16.4. The Morgan fingerprint density at radius 1 is 1.15 bits per heavy atom. The van der Waals surface area contributed by atoms with Crippen LogP contribution in [-0.2, 0) is 24.1 Å². The van der Waals surface area contributed by atoms with Crippen LogP contribution in [0.25, 0.3) is 5.00 Å². The molecule has 174 valence electrons. The van der Waals surface area contributed by atoms with E-state index in [-0.39, 0.29) is 18.0 Å². The Labute approximate surface area is 199 Å². The second-order valence-electron chi connectivity index (χ2n) is 7.68. The van der Waals surface area contributed by atoms with Crippen molar-refractivity contribution in [3.05, 3.63) is 56.5 Å². The third-order valence-corrected chi connectivity index (χ3v) is 8.13. The quantitative estimate of drug-likeness (QED) is 0.407. The van der Waals surface area contributed by atoms with Gasteiger partial charge in [0.15, 0.2) is 0 Å². The molecule has 8 nitrogen and oxygen atoms in total. The van der Waals surface area contributed by atoms with Crippen molar-refractivity contribution in [1.29, 1.82) is 0 Å². The van der Waals surface area contributed by atoms with Crippen LogP contribution in [0, 0.1) is 6.92 Å². The number of aromatic nitrogens is 1. The third-order valence-electron chi connectivity index (χ3n) is 5.59. The first-order valence-corrected chi connectivity index (χ1v) is 12.4. The first-order chi connectivity index (χ1) is 15.9. The van der Waals surface area contributed by atoms with Crippen LogP contribution in [-0.4, -0.2) is 34.3 Å². The lowest BCUT2D eigenvalue weighted by Crippen LogP contribution is -2.29. The van der Waals surface area contributed by atoms with Crippen LogP contribution in [0.5, 0.6) is 0 Å². The number of carboxylic acid groups (broad SMARTS) is 1. The van der Waals surface area contributed by atoms with Crippen molar-refractivity contribution in [2.24, 2.45) is 0 Å². The van der Waals surface area contributed by atoms with E-state index in [0.717, 1.165) is 46.7 Å². The van der Waals surface area contributed by atoms with Gasteiger partial charge in [-0.15, -0.1) is 22.7 Å². The summed E-state index contributed by atoms with van der Waals surface area (Å²) in [6.07, 6.45) is 7.43. The number of aromatic carboxylic acids is 1. The number of hydrogen-bond acceptors (Lipinski definition) is 6. The standard InChI is InChI=1S/C23H25N3O5S2/c1-3-31-22(29)17-14-8-4-5-9-16(14)32-19(17)25-23(30)24-12-15-13(2)18(21(27)28)33-20(15)26-10-6-7-11-26/h6-7,10-11H,3-5,8-9,12H2,1-2H3,(H,27,28)(H2,24,25,30). The number of ether oxygens (including phenoxy) is 1. The molecular weight excluding hydrogens is 462 g/mol. The zero-order valence-electron chi connectivity index (χ0n) is 18.4. The Morgan fingerprint density at radius 2 is 1.88 bits per heavy atom. The molecule has 3 aromatic rings. The molecule has 10 heteroatoms. The minimum atomic E-state index is -0.996. The van der Waals surface area contributed by atoms with E-state index in [2.05, 4.69) is 10.6 Å². The molecule has 0 aliphatic heterocycles. The van der Waals surface area contributed by atoms with E-state index in [9.17, 15) is 19.5 Å². The highest BCUT2D eigenvalue weighted by Crippen LogP contribution is 2.38. The van der Waals surface area contributed by atoms with Gasteiger partial charge in [-0.2, -0.15) is 0 Å². The lowest BCUT2D eigenvalue weighted by Gasteiger charge is -2.12. The van der Waals surface area contributed by atoms with Gasteiger partial charge in [0.1, 0.15) is 14.9 Å². The predicted octanol–water partition coefficient (Wildman–Crippen LogP) is 4.98. The van der Waals surface area contributed by atoms with E-state index < -0.39 is 18.0 Å². The number of nitrogens with one attached hydrogen (secondary N) is 2. The number of urea groups is 1. The summed E-state index contributed by atoms with van der Waals surface area (Å²) in [5.41, 5.74) is 2.80. The number of nitrogens with zero attached hydrogens (tertiary/aromatic N) is 1. The van der Waals surface area contributed by atoms with Crippen molar-refractivity contribution in [3.63, 3.8) is 0 Å². The first-order valence-electron chi connectivity index (χ1n) is 10.8. The third kappa shape index (κ3) is 4.67. The smallest absolute Gasteiger partial charge is 0.346 e. The molecule has 0 saturated carbocycles. The topological polar surface area (TPSA) is 110 Å². The van der Waals surface area contributed by atoms with Gasteiger partial charge in [0.2, 0.25) is 0 Å². The molecule has 3 N–H and O–H groups in total. The molecule has 3 aromatic heterocycles. The molecule has 0 bridgehead atoms. The molecule has 0 atom stereocenters. The summed E-state index contributed by atoms with van der Waals surface area (Å²) < 4.78 is 7.08. The number of fused-ring (bicyclic) bond motifs is 1. The molecule has 0 unspecified atom stereocenters. The maximum atomic E-state index is 12.8. The van der Waals surface area contributed by atoms with E-state index >= 15 is 0 Å². The average molecular weight is 488 g/mol. The molecular formula is C23H25N3O5S2. The minimum absolute atomic E-state index is 0.148. The number of carbonyl (C=O) groups excluding carboxylic acids is 2. The van der Waals surface area contributed by atoms with Crippen molar-refractivity contribution in [1.82, 2.24) is 9.88 Å². The number of anilines is 1.